The standard InChI is InChI=1S/C29H25N3O5/c1-31-14-26(33)32-23(29(31)34)13-21-20-9-8-19(35-15-17-5-3-2-4-6-17)12-22(20)30-27(21)28(32)18-7-10-24-25(11-18)37-16-36-24/h2-12,23,28,30H,13-16H2,1H3/t23?,28-/m1/s1. The number of aromatic amines is 1. The summed E-state index contributed by atoms with van der Waals surface area (Å²) in [6, 6.07) is 20.7. The van der Waals surface area contributed by atoms with Gasteiger partial charge >= 0.3 is 0 Å². The van der Waals surface area contributed by atoms with E-state index in [9.17, 15) is 9.59 Å². The Balaban J connectivity index is 1.32. The van der Waals surface area contributed by atoms with Crippen molar-refractivity contribution >= 4 is 22.7 Å². The van der Waals surface area contributed by atoms with Gasteiger partial charge in [0.25, 0.3) is 0 Å². The van der Waals surface area contributed by atoms with E-state index in [1.807, 2.05) is 66.7 Å². The number of amides is 2. The number of hydrogen-bond acceptors (Lipinski definition) is 5. The summed E-state index contributed by atoms with van der Waals surface area (Å²) in [5, 5.41) is 1.03. The van der Waals surface area contributed by atoms with E-state index in [-0.39, 0.29) is 25.2 Å². The van der Waals surface area contributed by atoms with Crippen LogP contribution < -0.4 is 14.2 Å². The van der Waals surface area contributed by atoms with Crippen LogP contribution >= 0.6 is 0 Å². The first-order chi connectivity index (χ1) is 18.1. The second-order valence-corrected chi connectivity index (χ2v) is 9.73. The van der Waals surface area contributed by atoms with Gasteiger partial charge in [0.2, 0.25) is 18.6 Å². The molecule has 3 aromatic carbocycles. The van der Waals surface area contributed by atoms with Gasteiger partial charge in [-0.05, 0) is 41.0 Å². The first kappa shape index (κ1) is 21.8. The lowest BCUT2D eigenvalue weighted by Crippen LogP contribution is -2.62. The minimum atomic E-state index is -0.567. The van der Waals surface area contributed by atoms with E-state index in [2.05, 4.69) is 4.98 Å². The first-order valence-electron chi connectivity index (χ1n) is 12.3. The summed E-state index contributed by atoms with van der Waals surface area (Å²) in [5.74, 6) is 1.94. The molecule has 2 amide bonds. The highest BCUT2D eigenvalue weighted by atomic mass is 16.7. The van der Waals surface area contributed by atoms with Crippen LogP contribution in [0.5, 0.6) is 17.2 Å². The second-order valence-electron chi connectivity index (χ2n) is 9.73. The minimum absolute atomic E-state index is 0.0480. The van der Waals surface area contributed by atoms with Gasteiger partial charge in [-0.1, -0.05) is 36.4 Å². The van der Waals surface area contributed by atoms with Gasteiger partial charge in [-0.15, -0.1) is 0 Å². The molecule has 186 valence electrons. The van der Waals surface area contributed by atoms with Gasteiger partial charge in [-0.25, -0.2) is 0 Å². The Morgan fingerprint density at radius 2 is 1.84 bits per heavy atom. The lowest BCUT2D eigenvalue weighted by molar-refractivity contribution is -0.157. The number of hydrogen-bond donors (Lipinski definition) is 1. The first-order valence-corrected chi connectivity index (χ1v) is 12.3. The van der Waals surface area contributed by atoms with E-state index in [1.165, 1.54) is 4.90 Å². The zero-order valence-corrected chi connectivity index (χ0v) is 20.3. The van der Waals surface area contributed by atoms with Crippen molar-refractivity contribution in [2.45, 2.75) is 25.1 Å². The second kappa shape index (κ2) is 8.30. The molecule has 3 aliphatic rings. The molecule has 0 radical (unpaired) electrons. The maximum absolute atomic E-state index is 13.3. The molecule has 0 saturated carbocycles. The number of nitrogens with one attached hydrogen (secondary N) is 1. The van der Waals surface area contributed by atoms with Crippen molar-refractivity contribution < 1.29 is 23.8 Å². The maximum atomic E-state index is 13.3. The molecule has 1 saturated heterocycles. The molecule has 1 unspecified atom stereocenters. The Kier molecular flexibility index (Phi) is 4.89. The van der Waals surface area contributed by atoms with E-state index < -0.39 is 12.1 Å². The van der Waals surface area contributed by atoms with Gasteiger partial charge in [-0.3, -0.25) is 9.59 Å². The van der Waals surface area contributed by atoms with E-state index in [4.69, 9.17) is 14.2 Å². The van der Waals surface area contributed by atoms with Gasteiger partial charge in [0.05, 0.1) is 12.6 Å². The van der Waals surface area contributed by atoms with Crippen LogP contribution in [0, 0.1) is 0 Å². The van der Waals surface area contributed by atoms with Crippen molar-refractivity contribution in [2.75, 3.05) is 20.4 Å². The molecule has 8 heteroatoms. The number of nitrogens with zero attached hydrogens (tertiary/aromatic N) is 2. The summed E-state index contributed by atoms with van der Waals surface area (Å²) < 4.78 is 17.2. The highest BCUT2D eigenvalue weighted by molar-refractivity contribution is 5.97. The van der Waals surface area contributed by atoms with Crippen molar-refractivity contribution in [1.29, 1.82) is 0 Å². The Bertz CT molecular complexity index is 1550. The number of aromatic nitrogens is 1. The van der Waals surface area contributed by atoms with Crippen LogP contribution in [0.15, 0.2) is 66.7 Å². The number of benzene rings is 3. The molecule has 4 aromatic rings. The summed E-state index contributed by atoms with van der Waals surface area (Å²) in [7, 11) is 1.69. The summed E-state index contributed by atoms with van der Waals surface area (Å²) in [4.78, 5) is 33.5. The lowest BCUT2D eigenvalue weighted by Gasteiger charge is -2.46. The molecule has 8 nitrogen and oxygen atoms in total. The number of H-pyrrole nitrogens is 1. The van der Waals surface area contributed by atoms with Crippen LogP contribution in [0.1, 0.15) is 28.4 Å². The predicted molar refractivity (Wildman–Crippen MR) is 135 cm³/mol. The molecule has 2 atom stereocenters. The molecule has 1 aromatic heterocycles. The average molecular weight is 496 g/mol. The van der Waals surface area contributed by atoms with Crippen LogP contribution in [0.3, 0.4) is 0 Å². The van der Waals surface area contributed by atoms with E-state index in [0.717, 1.165) is 39.0 Å². The lowest BCUT2D eigenvalue weighted by atomic mass is 9.86. The van der Waals surface area contributed by atoms with Crippen LogP contribution in [0.2, 0.25) is 0 Å². The Morgan fingerprint density at radius 3 is 2.70 bits per heavy atom. The van der Waals surface area contributed by atoms with Crippen molar-refractivity contribution in [2.24, 2.45) is 0 Å². The van der Waals surface area contributed by atoms with E-state index in [1.54, 1.807) is 11.9 Å². The third-order valence-corrected chi connectivity index (χ3v) is 7.48. The van der Waals surface area contributed by atoms with Gasteiger partial charge in [0.15, 0.2) is 11.5 Å². The zero-order chi connectivity index (χ0) is 25.1. The molecule has 3 aliphatic heterocycles. The number of fused-ring (bicyclic) bond motifs is 5. The van der Waals surface area contributed by atoms with Gasteiger partial charge in [0, 0.05) is 36.1 Å². The van der Waals surface area contributed by atoms with E-state index in [0.29, 0.717) is 24.5 Å². The molecular formula is C29H25N3O5. The Morgan fingerprint density at radius 1 is 1.00 bits per heavy atom. The number of carbonyl (C=O) groups is 2. The van der Waals surface area contributed by atoms with Crippen LogP contribution in [-0.2, 0) is 22.6 Å². The molecule has 7 rings (SSSR count). The van der Waals surface area contributed by atoms with Crippen LogP contribution in [0.25, 0.3) is 10.9 Å². The maximum Gasteiger partial charge on any atom is 0.245 e. The summed E-state index contributed by atoms with van der Waals surface area (Å²) >= 11 is 0. The molecule has 4 heterocycles. The Labute approximate surface area is 213 Å². The minimum Gasteiger partial charge on any atom is -0.489 e. The van der Waals surface area contributed by atoms with Crippen molar-refractivity contribution in [3.63, 3.8) is 0 Å². The third kappa shape index (κ3) is 3.51. The SMILES string of the molecule is CN1CC(=O)N2C(Cc3c([nH]c4cc(OCc5ccccc5)ccc34)[C@H]2c2ccc3c(c2)OCO3)C1=O. The zero-order valence-electron chi connectivity index (χ0n) is 20.3. The van der Waals surface area contributed by atoms with Crippen molar-refractivity contribution in [3.8, 4) is 17.2 Å². The molecular weight excluding hydrogens is 470 g/mol. The average Bonchev–Trinajstić information content (AvgIpc) is 3.53. The predicted octanol–water partition coefficient (Wildman–Crippen LogP) is 3.79. The van der Waals surface area contributed by atoms with Gasteiger partial charge in [-0.2, -0.15) is 0 Å². The summed E-state index contributed by atoms with van der Waals surface area (Å²) in [6.07, 6.45) is 0.454. The molecule has 0 bridgehead atoms. The molecule has 0 aliphatic carbocycles. The number of rotatable bonds is 4. The molecule has 0 spiro atoms. The number of piperazine rings is 1. The third-order valence-electron chi connectivity index (χ3n) is 7.48. The highest BCUT2D eigenvalue weighted by Gasteiger charge is 2.47. The van der Waals surface area contributed by atoms with Crippen molar-refractivity contribution in [3.05, 3.63) is 89.1 Å². The van der Waals surface area contributed by atoms with Crippen molar-refractivity contribution in [1.82, 2.24) is 14.8 Å². The number of likely N-dealkylation sites (N-methyl/N-ethyl adjacent to an activating group) is 1. The normalized spacial score (nSPS) is 20.2. The number of ether oxygens (including phenoxy) is 3. The van der Waals surface area contributed by atoms with Gasteiger partial charge < -0.3 is 29.0 Å². The highest BCUT2D eigenvalue weighted by Crippen LogP contribution is 2.45. The summed E-state index contributed by atoms with van der Waals surface area (Å²) in [6.45, 7) is 0.697. The molecule has 1 N–H and O–H groups in total. The molecule has 1 fully saturated rings. The number of carbonyl (C=O) groups excluding carboxylic acids is 2. The Hall–Kier alpha value is -4.46. The fraction of sp³-hybridized carbons (Fsp3) is 0.241. The largest absolute Gasteiger partial charge is 0.489 e. The molecule has 37 heavy (non-hydrogen) atoms. The van der Waals surface area contributed by atoms with Gasteiger partial charge in [0.1, 0.15) is 18.4 Å². The van der Waals surface area contributed by atoms with E-state index >= 15 is 0 Å². The topological polar surface area (TPSA) is 84.1 Å². The smallest absolute Gasteiger partial charge is 0.245 e. The fourth-order valence-corrected chi connectivity index (χ4v) is 5.70. The fourth-order valence-electron chi connectivity index (χ4n) is 5.70. The monoisotopic (exact) mass is 495 g/mol. The van der Waals surface area contributed by atoms with Crippen LogP contribution in [-0.4, -0.2) is 53.0 Å². The van der Waals surface area contributed by atoms with Crippen LogP contribution in [0.4, 0.5) is 0 Å². The summed E-state index contributed by atoms with van der Waals surface area (Å²) in [5.41, 5.74) is 4.83. The quantitative estimate of drug-likeness (QED) is 0.466.